The zero-order valence-corrected chi connectivity index (χ0v) is 10.3. The van der Waals surface area contributed by atoms with Crippen LogP contribution < -0.4 is 5.32 Å². The zero-order chi connectivity index (χ0) is 11.8. The minimum Gasteiger partial charge on any atom is -0.365 e. The number of fused-ring (bicyclic) bond motifs is 1. The van der Waals surface area contributed by atoms with Crippen LogP contribution in [0.25, 0.3) is 11.2 Å². The van der Waals surface area contributed by atoms with Gasteiger partial charge in [-0.3, -0.25) is 0 Å². The average molecular weight is 252 g/mol. The fourth-order valence-electron chi connectivity index (χ4n) is 2.45. The predicted molar refractivity (Wildman–Crippen MR) is 67.1 cm³/mol. The zero-order valence-electron chi connectivity index (χ0n) is 9.57. The highest BCUT2D eigenvalue weighted by Crippen LogP contribution is 2.29. The highest BCUT2D eigenvalue weighted by Gasteiger charge is 2.24. The first-order valence-corrected chi connectivity index (χ1v) is 6.25. The summed E-state index contributed by atoms with van der Waals surface area (Å²) in [6, 6.07) is 0.465. The van der Waals surface area contributed by atoms with Gasteiger partial charge in [0.2, 0.25) is 5.28 Å². The molecular weight excluding hydrogens is 238 g/mol. The molecule has 1 aliphatic rings. The minimum atomic E-state index is 0.234. The number of hydrogen-bond donors (Lipinski definition) is 2. The SMILES string of the molecule is CC1CCCC1Nc1nc(Cl)nc2nc[nH]c12. The van der Waals surface area contributed by atoms with Crippen molar-refractivity contribution in [3.63, 3.8) is 0 Å². The smallest absolute Gasteiger partial charge is 0.226 e. The van der Waals surface area contributed by atoms with Crippen LogP contribution in [0.4, 0.5) is 5.82 Å². The van der Waals surface area contributed by atoms with Gasteiger partial charge in [0, 0.05) is 6.04 Å². The lowest BCUT2D eigenvalue weighted by Crippen LogP contribution is -2.22. The Bertz CT molecular complexity index is 538. The van der Waals surface area contributed by atoms with Gasteiger partial charge in [-0.2, -0.15) is 9.97 Å². The maximum absolute atomic E-state index is 5.89. The van der Waals surface area contributed by atoms with Gasteiger partial charge in [0.05, 0.1) is 6.33 Å². The van der Waals surface area contributed by atoms with Crippen molar-refractivity contribution in [1.82, 2.24) is 19.9 Å². The van der Waals surface area contributed by atoms with Gasteiger partial charge >= 0.3 is 0 Å². The number of nitrogens with one attached hydrogen (secondary N) is 2. The Morgan fingerprint density at radius 1 is 1.41 bits per heavy atom. The second-order valence-corrected chi connectivity index (χ2v) is 4.94. The van der Waals surface area contributed by atoms with Crippen LogP contribution >= 0.6 is 11.6 Å². The van der Waals surface area contributed by atoms with E-state index in [1.807, 2.05) is 0 Å². The molecule has 2 aromatic rings. The van der Waals surface area contributed by atoms with Crippen LogP contribution in [0, 0.1) is 5.92 Å². The van der Waals surface area contributed by atoms with Gasteiger partial charge in [-0.15, -0.1) is 0 Å². The summed E-state index contributed by atoms with van der Waals surface area (Å²) in [5.41, 5.74) is 1.44. The van der Waals surface area contributed by atoms with Crippen molar-refractivity contribution in [3.05, 3.63) is 11.6 Å². The molecule has 0 amide bonds. The molecule has 2 atom stereocenters. The maximum Gasteiger partial charge on any atom is 0.226 e. The van der Waals surface area contributed by atoms with Crippen LogP contribution in [0.2, 0.25) is 5.28 Å². The van der Waals surface area contributed by atoms with Gasteiger partial charge < -0.3 is 10.3 Å². The molecule has 0 aromatic carbocycles. The lowest BCUT2D eigenvalue weighted by molar-refractivity contribution is 0.555. The molecular formula is C11H14ClN5. The van der Waals surface area contributed by atoms with Crippen LogP contribution in [0.3, 0.4) is 0 Å². The fraction of sp³-hybridized carbons (Fsp3) is 0.545. The number of rotatable bonds is 2. The molecule has 17 heavy (non-hydrogen) atoms. The van der Waals surface area contributed by atoms with Gasteiger partial charge in [0.15, 0.2) is 11.5 Å². The number of hydrogen-bond acceptors (Lipinski definition) is 4. The fourth-order valence-corrected chi connectivity index (χ4v) is 2.61. The molecule has 6 heteroatoms. The molecule has 5 nitrogen and oxygen atoms in total. The Morgan fingerprint density at radius 3 is 3.06 bits per heavy atom. The van der Waals surface area contributed by atoms with Crippen molar-refractivity contribution >= 4 is 28.6 Å². The first-order chi connectivity index (χ1) is 8.24. The highest BCUT2D eigenvalue weighted by atomic mass is 35.5. The van der Waals surface area contributed by atoms with Crippen molar-refractivity contribution in [2.75, 3.05) is 5.32 Å². The Labute approximate surface area is 104 Å². The van der Waals surface area contributed by atoms with Crippen molar-refractivity contribution in [2.45, 2.75) is 32.2 Å². The van der Waals surface area contributed by atoms with E-state index in [-0.39, 0.29) is 5.28 Å². The lowest BCUT2D eigenvalue weighted by Gasteiger charge is -2.18. The van der Waals surface area contributed by atoms with Crippen LogP contribution in [-0.4, -0.2) is 26.0 Å². The maximum atomic E-state index is 5.89. The summed E-state index contributed by atoms with van der Waals surface area (Å²) in [6.07, 6.45) is 5.32. The highest BCUT2D eigenvalue weighted by molar-refractivity contribution is 6.28. The van der Waals surface area contributed by atoms with E-state index in [2.05, 4.69) is 32.2 Å². The molecule has 2 aromatic heterocycles. The third kappa shape index (κ3) is 1.95. The Morgan fingerprint density at radius 2 is 2.29 bits per heavy atom. The molecule has 2 N–H and O–H groups in total. The van der Waals surface area contributed by atoms with E-state index < -0.39 is 0 Å². The van der Waals surface area contributed by atoms with Crippen molar-refractivity contribution < 1.29 is 0 Å². The predicted octanol–water partition coefficient (Wildman–Crippen LogP) is 2.61. The van der Waals surface area contributed by atoms with E-state index in [0.717, 1.165) is 11.3 Å². The summed E-state index contributed by atoms with van der Waals surface area (Å²) < 4.78 is 0. The summed E-state index contributed by atoms with van der Waals surface area (Å²) in [4.78, 5) is 15.5. The van der Waals surface area contributed by atoms with Crippen LogP contribution in [0.15, 0.2) is 6.33 Å². The van der Waals surface area contributed by atoms with Crippen molar-refractivity contribution in [3.8, 4) is 0 Å². The minimum absolute atomic E-state index is 0.234. The first-order valence-electron chi connectivity index (χ1n) is 5.87. The second kappa shape index (κ2) is 4.14. The number of aromatic amines is 1. The molecule has 0 bridgehead atoms. The molecule has 0 radical (unpaired) electrons. The van der Waals surface area contributed by atoms with Crippen LogP contribution in [0.1, 0.15) is 26.2 Å². The molecule has 1 fully saturated rings. The second-order valence-electron chi connectivity index (χ2n) is 4.60. The third-order valence-corrected chi connectivity index (χ3v) is 3.61. The van der Waals surface area contributed by atoms with Crippen LogP contribution in [0.5, 0.6) is 0 Å². The molecule has 2 unspecified atom stereocenters. The van der Waals surface area contributed by atoms with E-state index in [1.54, 1.807) is 6.33 Å². The molecule has 0 aliphatic heterocycles. The standard InChI is InChI=1S/C11H14ClN5/c1-6-3-2-4-7(6)15-10-8-9(14-5-13-8)16-11(12)17-10/h5-7H,2-4H2,1H3,(H2,13,14,15,16,17). The Balaban J connectivity index is 1.96. The largest absolute Gasteiger partial charge is 0.365 e. The number of anilines is 1. The number of aromatic nitrogens is 4. The first kappa shape index (κ1) is 10.8. The van der Waals surface area contributed by atoms with E-state index in [1.165, 1.54) is 19.3 Å². The quantitative estimate of drug-likeness (QED) is 0.806. The van der Waals surface area contributed by atoms with E-state index in [9.17, 15) is 0 Å². The summed E-state index contributed by atoms with van der Waals surface area (Å²) in [6.45, 7) is 2.26. The van der Waals surface area contributed by atoms with Crippen molar-refractivity contribution in [1.29, 1.82) is 0 Å². The molecule has 1 aliphatic carbocycles. The third-order valence-electron chi connectivity index (χ3n) is 3.44. The summed E-state index contributed by atoms with van der Waals surface area (Å²) in [7, 11) is 0. The molecule has 2 heterocycles. The normalized spacial score (nSPS) is 24.4. The van der Waals surface area contributed by atoms with Gasteiger partial charge in [-0.1, -0.05) is 13.3 Å². The van der Waals surface area contributed by atoms with Crippen molar-refractivity contribution in [2.24, 2.45) is 5.92 Å². The van der Waals surface area contributed by atoms with Gasteiger partial charge in [0.1, 0.15) is 5.52 Å². The number of halogens is 1. The Kier molecular flexibility index (Phi) is 2.63. The molecule has 1 saturated carbocycles. The van der Waals surface area contributed by atoms with E-state index in [0.29, 0.717) is 17.6 Å². The summed E-state index contributed by atoms with van der Waals surface area (Å²) >= 11 is 5.89. The molecule has 0 saturated heterocycles. The number of H-pyrrole nitrogens is 1. The number of imidazole rings is 1. The lowest BCUT2D eigenvalue weighted by atomic mass is 10.1. The molecule has 0 spiro atoms. The Hall–Kier alpha value is -1.36. The molecule has 3 rings (SSSR count). The topological polar surface area (TPSA) is 66.5 Å². The number of nitrogens with zero attached hydrogens (tertiary/aromatic N) is 3. The molecule has 90 valence electrons. The van der Waals surface area contributed by atoms with Gasteiger partial charge in [0.25, 0.3) is 0 Å². The van der Waals surface area contributed by atoms with E-state index >= 15 is 0 Å². The van der Waals surface area contributed by atoms with E-state index in [4.69, 9.17) is 11.6 Å². The summed E-state index contributed by atoms with van der Waals surface area (Å²) in [5, 5.41) is 3.69. The average Bonchev–Trinajstić information content (AvgIpc) is 2.88. The van der Waals surface area contributed by atoms with Gasteiger partial charge in [-0.25, -0.2) is 4.98 Å². The van der Waals surface area contributed by atoms with Gasteiger partial charge in [-0.05, 0) is 30.4 Å². The van der Waals surface area contributed by atoms with Crippen LogP contribution in [-0.2, 0) is 0 Å². The summed E-state index contributed by atoms with van der Waals surface area (Å²) in [5.74, 6) is 1.43. The monoisotopic (exact) mass is 251 g/mol.